The number of carbonyl (C=O) groups excluding carboxylic acids is 2. The molecule has 0 spiro atoms. The van der Waals surface area contributed by atoms with Crippen molar-refractivity contribution in [3.05, 3.63) is 11.8 Å². The zero-order valence-corrected chi connectivity index (χ0v) is 14.6. The lowest BCUT2D eigenvalue weighted by Crippen LogP contribution is -2.47. The van der Waals surface area contributed by atoms with Crippen molar-refractivity contribution in [1.82, 2.24) is 5.48 Å². The number of hydroxylamine groups is 1. The number of ether oxygens (including phenoxy) is 3. The number of carbonyl (C=O) groups is 2. The number of hydrogen-bond donors (Lipinski definition) is 3. The molecule has 9 heteroatoms. The van der Waals surface area contributed by atoms with Crippen LogP contribution in [0.3, 0.4) is 0 Å². The summed E-state index contributed by atoms with van der Waals surface area (Å²) in [5.74, 6) is -2.11. The Kier molecular flexibility index (Phi) is 8.93. The molecule has 142 valence electrons. The van der Waals surface area contributed by atoms with Crippen LogP contribution in [-0.4, -0.2) is 54.9 Å². The number of hydrogen-bond acceptors (Lipinski definition) is 8. The SMILES string of the molecule is CCOC(=O)C=C(ONC(=N)C1(OCCO)CCCC1)C(=O)OCC. The van der Waals surface area contributed by atoms with Gasteiger partial charge in [-0.3, -0.25) is 5.41 Å². The highest BCUT2D eigenvalue weighted by Gasteiger charge is 2.40. The van der Waals surface area contributed by atoms with E-state index in [4.69, 9.17) is 29.6 Å². The van der Waals surface area contributed by atoms with Crippen molar-refractivity contribution in [2.75, 3.05) is 26.4 Å². The van der Waals surface area contributed by atoms with Crippen molar-refractivity contribution in [2.45, 2.75) is 45.1 Å². The minimum absolute atomic E-state index is 0.0856. The number of amidine groups is 1. The highest BCUT2D eigenvalue weighted by atomic mass is 16.7. The second-order valence-electron chi connectivity index (χ2n) is 5.33. The highest BCUT2D eigenvalue weighted by Crippen LogP contribution is 2.33. The largest absolute Gasteiger partial charge is 0.463 e. The van der Waals surface area contributed by atoms with Crippen molar-refractivity contribution in [3.8, 4) is 0 Å². The van der Waals surface area contributed by atoms with Gasteiger partial charge in [0, 0.05) is 0 Å². The van der Waals surface area contributed by atoms with Crippen LogP contribution in [0.4, 0.5) is 0 Å². The van der Waals surface area contributed by atoms with Crippen molar-refractivity contribution in [3.63, 3.8) is 0 Å². The van der Waals surface area contributed by atoms with Crippen molar-refractivity contribution >= 4 is 17.8 Å². The first kappa shape index (κ1) is 20.9. The van der Waals surface area contributed by atoms with E-state index in [1.807, 2.05) is 0 Å². The van der Waals surface area contributed by atoms with E-state index < -0.39 is 23.3 Å². The van der Waals surface area contributed by atoms with Crippen LogP contribution in [0.2, 0.25) is 0 Å². The predicted molar refractivity (Wildman–Crippen MR) is 87.5 cm³/mol. The number of rotatable bonds is 10. The second kappa shape index (κ2) is 10.7. The quantitative estimate of drug-likeness (QED) is 0.131. The van der Waals surface area contributed by atoms with Gasteiger partial charge in [-0.05, 0) is 39.5 Å². The van der Waals surface area contributed by atoms with Crippen LogP contribution in [0.25, 0.3) is 0 Å². The molecule has 1 aliphatic carbocycles. The lowest BCUT2D eigenvalue weighted by Gasteiger charge is -2.29. The number of aliphatic hydroxyl groups is 1. The van der Waals surface area contributed by atoms with Crippen LogP contribution in [-0.2, 0) is 28.6 Å². The van der Waals surface area contributed by atoms with E-state index in [9.17, 15) is 9.59 Å². The van der Waals surface area contributed by atoms with Crippen LogP contribution in [0.1, 0.15) is 39.5 Å². The molecule has 25 heavy (non-hydrogen) atoms. The van der Waals surface area contributed by atoms with E-state index in [0.29, 0.717) is 12.8 Å². The van der Waals surface area contributed by atoms with E-state index in [1.165, 1.54) is 0 Å². The van der Waals surface area contributed by atoms with Gasteiger partial charge in [-0.25, -0.2) is 15.1 Å². The predicted octanol–water partition coefficient (Wildman–Crippen LogP) is 0.817. The molecular weight excluding hydrogens is 332 g/mol. The second-order valence-corrected chi connectivity index (χ2v) is 5.33. The Bertz CT molecular complexity index is 499. The van der Waals surface area contributed by atoms with Crippen LogP contribution in [0.15, 0.2) is 11.8 Å². The fourth-order valence-corrected chi connectivity index (χ4v) is 2.48. The average molecular weight is 358 g/mol. The van der Waals surface area contributed by atoms with E-state index >= 15 is 0 Å². The molecule has 3 N–H and O–H groups in total. The summed E-state index contributed by atoms with van der Waals surface area (Å²) >= 11 is 0. The van der Waals surface area contributed by atoms with Crippen molar-refractivity contribution < 1.29 is 33.7 Å². The average Bonchev–Trinajstić information content (AvgIpc) is 3.07. The third kappa shape index (κ3) is 6.35. The van der Waals surface area contributed by atoms with Crippen LogP contribution < -0.4 is 5.48 Å². The maximum absolute atomic E-state index is 11.9. The Balaban J connectivity index is 2.77. The smallest absolute Gasteiger partial charge is 0.377 e. The van der Waals surface area contributed by atoms with Crippen molar-refractivity contribution in [1.29, 1.82) is 5.41 Å². The molecule has 9 nitrogen and oxygen atoms in total. The topological polar surface area (TPSA) is 127 Å². The van der Waals surface area contributed by atoms with E-state index in [2.05, 4.69) is 5.48 Å². The van der Waals surface area contributed by atoms with Gasteiger partial charge >= 0.3 is 11.9 Å². The number of aliphatic hydroxyl groups excluding tert-OH is 1. The summed E-state index contributed by atoms with van der Waals surface area (Å²) < 4.78 is 15.2. The molecule has 1 saturated carbocycles. The minimum atomic E-state index is -0.896. The minimum Gasteiger partial charge on any atom is -0.463 e. The van der Waals surface area contributed by atoms with Gasteiger partial charge in [-0.2, -0.15) is 0 Å². The number of esters is 2. The van der Waals surface area contributed by atoms with Gasteiger partial charge in [0.15, 0.2) is 5.84 Å². The molecule has 0 aromatic heterocycles. The maximum atomic E-state index is 11.9. The summed E-state index contributed by atoms with van der Waals surface area (Å²) in [5.41, 5.74) is 1.46. The van der Waals surface area contributed by atoms with Crippen LogP contribution in [0.5, 0.6) is 0 Å². The first-order chi connectivity index (χ1) is 12.0. The lowest BCUT2D eigenvalue weighted by atomic mass is 10.0. The molecular formula is C16H26N2O7. The van der Waals surface area contributed by atoms with Gasteiger partial charge in [0.25, 0.3) is 0 Å². The number of nitrogens with one attached hydrogen (secondary N) is 2. The van der Waals surface area contributed by atoms with Gasteiger partial charge in [0.1, 0.15) is 5.60 Å². The maximum Gasteiger partial charge on any atom is 0.377 e. The lowest BCUT2D eigenvalue weighted by molar-refractivity contribution is -0.145. The first-order valence-electron chi connectivity index (χ1n) is 8.31. The Hall–Kier alpha value is -2.13. The van der Waals surface area contributed by atoms with Crippen LogP contribution in [0, 0.1) is 5.41 Å². The molecule has 0 radical (unpaired) electrons. The molecule has 0 unspecified atom stereocenters. The van der Waals surface area contributed by atoms with E-state index in [-0.39, 0.29) is 32.3 Å². The summed E-state index contributed by atoms with van der Waals surface area (Å²) in [7, 11) is 0. The molecule has 0 bridgehead atoms. The molecule has 0 aliphatic heterocycles. The molecule has 0 aromatic carbocycles. The van der Waals surface area contributed by atoms with Gasteiger partial charge in [0.05, 0.1) is 32.5 Å². The zero-order chi connectivity index (χ0) is 18.7. The highest BCUT2D eigenvalue weighted by molar-refractivity contribution is 5.95. The molecule has 0 heterocycles. The first-order valence-corrected chi connectivity index (χ1v) is 8.31. The standard InChI is InChI=1S/C16H26N2O7/c1-3-22-13(20)11-12(14(21)23-4-2)25-18-15(17)16(24-10-9-19)7-5-6-8-16/h11,19H,3-10H2,1-2H3,(H2,17,18). The Morgan fingerprint density at radius 2 is 1.84 bits per heavy atom. The van der Waals surface area contributed by atoms with Crippen molar-refractivity contribution in [2.24, 2.45) is 0 Å². The van der Waals surface area contributed by atoms with E-state index in [1.54, 1.807) is 13.8 Å². The monoisotopic (exact) mass is 358 g/mol. The molecule has 1 aliphatic rings. The molecule has 0 amide bonds. The van der Waals surface area contributed by atoms with Gasteiger partial charge in [-0.1, -0.05) is 0 Å². The van der Waals surface area contributed by atoms with Gasteiger partial charge in [0.2, 0.25) is 5.76 Å². The fourth-order valence-electron chi connectivity index (χ4n) is 2.48. The third-order valence-corrected chi connectivity index (χ3v) is 3.61. The Morgan fingerprint density at radius 3 is 2.40 bits per heavy atom. The van der Waals surface area contributed by atoms with E-state index in [0.717, 1.165) is 18.9 Å². The summed E-state index contributed by atoms with van der Waals surface area (Å²) in [6.07, 6.45) is 3.80. The molecule has 1 rings (SSSR count). The summed E-state index contributed by atoms with van der Waals surface area (Å²) in [5, 5.41) is 17.1. The Labute approximate surface area is 146 Å². The summed E-state index contributed by atoms with van der Waals surface area (Å²) in [4.78, 5) is 28.5. The molecule has 0 saturated heterocycles. The third-order valence-electron chi connectivity index (χ3n) is 3.61. The normalized spacial score (nSPS) is 16.2. The van der Waals surface area contributed by atoms with Gasteiger partial charge in [-0.15, -0.1) is 0 Å². The Morgan fingerprint density at radius 1 is 1.20 bits per heavy atom. The summed E-state index contributed by atoms with van der Waals surface area (Å²) in [6, 6.07) is 0. The molecule has 0 atom stereocenters. The summed E-state index contributed by atoms with van der Waals surface area (Å²) in [6.45, 7) is 3.43. The zero-order valence-electron chi connectivity index (χ0n) is 14.6. The fraction of sp³-hybridized carbons (Fsp3) is 0.688. The van der Waals surface area contributed by atoms with Gasteiger partial charge < -0.3 is 24.2 Å². The van der Waals surface area contributed by atoms with Crippen LogP contribution >= 0.6 is 0 Å². The molecule has 1 fully saturated rings. The molecule has 0 aromatic rings.